The van der Waals surface area contributed by atoms with E-state index in [0.29, 0.717) is 19.0 Å². The molecule has 0 spiro atoms. The van der Waals surface area contributed by atoms with Crippen molar-refractivity contribution in [2.75, 3.05) is 26.2 Å². The molecule has 1 aromatic rings. The van der Waals surface area contributed by atoms with Gasteiger partial charge in [-0.3, -0.25) is 9.69 Å². The summed E-state index contributed by atoms with van der Waals surface area (Å²) in [5.74, 6) is 0.671. The molecule has 1 aliphatic rings. The van der Waals surface area contributed by atoms with Gasteiger partial charge in [0.25, 0.3) is 0 Å². The summed E-state index contributed by atoms with van der Waals surface area (Å²) in [6.07, 6.45) is 2.35. The molecule has 1 fully saturated rings. The lowest BCUT2D eigenvalue weighted by Crippen LogP contribution is -2.43. The lowest BCUT2D eigenvalue weighted by atomic mass is 9.98. The quantitative estimate of drug-likeness (QED) is 0.838. The van der Waals surface area contributed by atoms with Gasteiger partial charge in [0.2, 0.25) is 5.91 Å². The number of hydrogen-bond donors (Lipinski definition) is 2. The number of thiophene rings is 1. The van der Waals surface area contributed by atoms with Gasteiger partial charge < -0.3 is 11.1 Å². The smallest absolute Gasteiger partial charge is 0.234 e. The highest BCUT2D eigenvalue weighted by Crippen LogP contribution is 2.14. The number of nitrogens with two attached hydrogens (primary N) is 1. The van der Waals surface area contributed by atoms with Crippen molar-refractivity contribution in [1.82, 2.24) is 10.2 Å². The molecule has 3 N–H and O–H groups in total. The highest BCUT2D eigenvalue weighted by molar-refractivity contribution is 7.09. The first-order chi connectivity index (χ1) is 8.78. The fraction of sp³-hybridized carbons (Fsp3) is 0.615. The van der Waals surface area contributed by atoms with E-state index in [0.717, 1.165) is 26.1 Å². The first kappa shape index (κ1) is 13.5. The minimum atomic E-state index is 0.112. The fourth-order valence-corrected chi connectivity index (χ4v) is 2.99. The summed E-state index contributed by atoms with van der Waals surface area (Å²) in [7, 11) is 0. The first-order valence-electron chi connectivity index (χ1n) is 6.49. The van der Waals surface area contributed by atoms with Crippen LogP contribution in [0.3, 0.4) is 0 Å². The number of piperidine rings is 1. The maximum absolute atomic E-state index is 11.8. The molecular formula is C13H21N3OS. The van der Waals surface area contributed by atoms with Crippen LogP contribution in [0.5, 0.6) is 0 Å². The van der Waals surface area contributed by atoms with Gasteiger partial charge in [0.15, 0.2) is 0 Å². The first-order valence-corrected chi connectivity index (χ1v) is 7.37. The van der Waals surface area contributed by atoms with E-state index in [1.54, 1.807) is 11.3 Å². The van der Waals surface area contributed by atoms with Crippen molar-refractivity contribution in [2.45, 2.75) is 19.4 Å². The highest BCUT2D eigenvalue weighted by atomic mass is 32.1. The SMILES string of the molecule is NCC1CCCN(CC(=O)NCc2cccs2)C1. The Morgan fingerprint density at radius 3 is 3.22 bits per heavy atom. The molecule has 0 bridgehead atoms. The molecule has 1 amide bonds. The second-order valence-corrected chi connectivity index (χ2v) is 5.87. The second-order valence-electron chi connectivity index (χ2n) is 4.84. The van der Waals surface area contributed by atoms with Gasteiger partial charge in [-0.05, 0) is 43.3 Å². The standard InChI is InChI=1S/C13H21N3OS/c14-7-11-3-1-5-16(9-11)10-13(17)15-8-12-4-2-6-18-12/h2,4,6,11H,1,3,5,7-10,14H2,(H,15,17). The third-order valence-corrected chi connectivity index (χ3v) is 4.22. The minimum absolute atomic E-state index is 0.112. The van der Waals surface area contributed by atoms with Crippen molar-refractivity contribution in [3.05, 3.63) is 22.4 Å². The average molecular weight is 267 g/mol. The number of carbonyl (C=O) groups excluding carboxylic acids is 1. The van der Waals surface area contributed by atoms with Crippen molar-refractivity contribution in [3.63, 3.8) is 0 Å². The third kappa shape index (κ3) is 4.08. The summed E-state index contributed by atoms with van der Waals surface area (Å²) >= 11 is 1.67. The normalized spacial score (nSPS) is 20.8. The molecule has 2 heterocycles. The van der Waals surface area contributed by atoms with Gasteiger partial charge in [-0.25, -0.2) is 0 Å². The van der Waals surface area contributed by atoms with Gasteiger partial charge in [0.1, 0.15) is 0 Å². The molecule has 2 rings (SSSR count). The molecule has 1 aromatic heterocycles. The maximum Gasteiger partial charge on any atom is 0.234 e. The van der Waals surface area contributed by atoms with E-state index in [9.17, 15) is 4.79 Å². The molecule has 1 saturated heterocycles. The fourth-order valence-electron chi connectivity index (χ4n) is 2.35. The van der Waals surface area contributed by atoms with E-state index < -0.39 is 0 Å². The van der Waals surface area contributed by atoms with Crippen molar-refractivity contribution in [1.29, 1.82) is 0 Å². The Labute approximate surface area is 112 Å². The molecule has 0 aromatic carbocycles. The van der Waals surface area contributed by atoms with E-state index in [1.807, 2.05) is 17.5 Å². The molecule has 0 aliphatic carbocycles. The number of amides is 1. The topological polar surface area (TPSA) is 58.4 Å². The van der Waals surface area contributed by atoms with E-state index in [2.05, 4.69) is 10.2 Å². The number of rotatable bonds is 5. The average Bonchev–Trinajstić information content (AvgIpc) is 2.90. The van der Waals surface area contributed by atoms with Crippen LogP contribution in [0.4, 0.5) is 0 Å². The predicted molar refractivity (Wildman–Crippen MR) is 74.4 cm³/mol. The Balaban J connectivity index is 1.70. The summed E-state index contributed by atoms with van der Waals surface area (Å²) in [4.78, 5) is 15.2. The molecule has 1 aliphatic heterocycles. The molecule has 5 heteroatoms. The molecule has 18 heavy (non-hydrogen) atoms. The van der Waals surface area contributed by atoms with Crippen LogP contribution < -0.4 is 11.1 Å². The van der Waals surface area contributed by atoms with Gasteiger partial charge in [0, 0.05) is 11.4 Å². The van der Waals surface area contributed by atoms with E-state index >= 15 is 0 Å². The minimum Gasteiger partial charge on any atom is -0.350 e. The van der Waals surface area contributed by atoms with Crippen molar-refractivity contribution in [2.24, 2.45) is 11.7 Å². The van der Waals surface area contributed by atoms with Crippen LogP contribution in [0.2, 0.25) is 0 Å². The molecule has 0 saturated carbocycles. The van der Waals surface area contributed by atoms with E-state index in [1.165, 1.54) is 11.3 Å². The Hall–Kier alpha value is -0.910. The van der Waals surface area contributed by atoms with Crippen LogP contribution >= 0.6 is 11.3 Å². The number of hydrogen-bond acceptors (Lipinski definition) is 4. The molecule has 1 unspecified atom stereocenters. The second kappa shape index (κ2) is 6.87. The Bertz CT molecular complexity index is 366. The van der Waals surface area contributed by atoms with Gasteiger partial charge in [0.05, 0.1) is 13.1 Å². The monoisotopic (exact) mass is 267 g/mol. The Morgan fingerprint density at radius 1 is 1.61 bits per heavy atom. The van der Waals surface area contributed by atoms with Gasteiger partial charge >= 0.3 is 0 Å². The molecule has 1 atom stereocenters. The lowest BCUT2D eigenvalue weighted by Gasteiger charge is -2.31. The molecular weight excluding hydrogens is 246 g/mol. The van der Waals surface area contributed by atoms with Crippen molar-refractivity contribution in [3.8, 4) is 0 Å². The third-order valence-electron chi connectivity index (χ3n) is 3.34. The van der Waals surface area contributed by atoms with Crippen LogP contribution in [0.25, 0.3) is 0 Å². The summed E-state index contributed by atoms with van der Waals surface area (Å²) in [5.41, 5.74) is 5.69. The summed E-state index contributed by atoms with van der Waals surface area (Å²) in [6.45, 7) is 3.85. The zero-order valence-electron chi connectivity index (χ0n) is 10.6. The van der Waals surface area contributed by atoms with Crippen molar-refractivity contribution >= 4 is 17.2 Å². The van der Waals surface area contributed by atoms with Crippen LogP contribution in [0, 0.1) is 5.92 Å². The van der Waals surface area contributed by atoms with Crippen LogP contribution in [0.1, 0.15) is 17.7 Å². The van der Waals surface area contributed by atoms with Gasteiger partial charge in [-0.15, -0.1) is 11.3 Å². The number of likely N-dealkylation sites (tertiary alicyclic amines) is 1. The zero-order chi connectivity index (χ0) is 12.8. The van der Waals surface area contributed by atoms with E-state index in [-0.39, 0.29) is 5.91 Å². The summed E-state index contributed by atoms with van der Waals surface area (Å²) in [5, 5.41) is 4.99. The zero-order valence-corrected chi connectivity index (χ0v) is 11.4. The number of nitrogens with one attached hydrogen (secondary N) is 1. The van der Waals surface area contributed by atoms with Crippen LogP contribution in [-0.2, 0) is 11.3 Å². The lowest BCUT2D eigenvalue weighted by molar-refractivity contribution is -0.122. The van der Waals surface area contributed by atoms with E-state index in [4.69, 9.17) is 5.73 Å². The summed E-state index contributed by atoms with van der Waals surface area (Å²) in [6, 6.07) is 4.04. The largest absolute Gasteiger partial charge is 0.350 e. The highest BCUT2D eigenvalue weighted by Gasteiger charge is 2.20. The van der Waals surface area contributed by atoms with Crippen LogP contribution in [0.15, 0.2) is 17.5 Å². The number of nitrogens with zero attached hydrogens (tertiary/aromatic N) is 1. The van der Waals surface area contributed by atoms with Gasteiger partial charge in [-0.1, -0.05) is 6.07 Å². The Morgan fingerprint density at radius 2 is 2.50 bits per heavy atom. The van der Waals surface area contributed by atoms with Crippen molar-refractivity contribution < 1.29 is 4.79 Å². The maximum atomic E-state index is 11.8. The molecule has 4 nitrogen and oxygen atoms in total. The predicted octanol–water partition coefficient (Wildman–Crippen LogP) is 1.04. The molecule has 0 radical (unpaired) electrons. The Kier molecular flexibility index (Phi) is 5.16. The summed E-state index contributed by atoms with van der Waals surface area (Å²) < 4.78 is 0. The number of carbonyl (C=O) groups is 1. The molecule has 100 valence electrons. The van der Waals surface area contributed by atoms with Crippen LogP contribution in [-0.4, -0.2) is 37.0 Å². The van der Waals surface area contributed by atoms with Gasteiger partial charge in [-0.2, -0.15) is 0 Å².